The quantitative estimate of drug-likeness (QED) is 0.863. The summed E-state index contributed by atoms with van der Waals surface area (Å²) in [7, 11) is 0. The lowest BCUT2D eigenvalue weighted by molar-refractivity contribution is -0.124. The van der Waals surface area contributed by atoms with Crippen molar-refractivity contribution in [1.29, 1.82) is 0 Å². The molecule has 1 atom stereocenters. The normalized spacial score (nSPS) is 16.1. The summed E-state index contributed by atoms with van der Waals surface area (Å²) in [6, 6.07) is 4.28. The predicted molar refractivity (Wildman–Crippen MR) is 80.0 cm³/mol. The zero-order chi connectivity index (χ0) is 15.0. The summed E-state index contributed by atoms with van der Waals surface area (Å²) < 4.78 is 15.3. The van der Waals surface area contributed by atoms with Crippen LogP contribution in [0.5, 0.6) is 0 Å². The molecular weight excluding hydrogens is 293 g/mol. The second kappa shape index (κ2) is 5.64. The van der Waals surface area contributed by atoms with Gasteiger partial charge in [0.15, 0.2) is 0 Å². The van der Waals surface area contributed by atoms with Crippen molar-refractivity contribution in [3.63, 3.8) is 0 Å². The Morgan fingerprint density at radius 1 is 1.57 bits per heavy atom. The molecule has 1 fully saturated rings. The second-order valence-corrected chi connectivity index (χ2v) is 5.81. The smallest absolute Gasteiger partial charge is 0.243 e. The molecule has 1 N–H and O–H groups in total. The molecule has 2 aromatic rings. The lowest BCUT2D eigenvalue weighted by atomic mass is 10.2. The maximum atomic E-state index is 13.5. The number of halogens is 2. The van der Waals surface area contributed by atoms with Crippen LogP contribution >= 0.6 is 11.6 Å². The number of alkyl halides is 1. The number of imidazole rings is 1. The molecule has 0 aliphatic heterocycles. The fourth-order valence-corrected chi connectivity index (χ4v) is 2.64. The predicted octanol–water partition coefficient (Wildman–Crippen LogP) is 2.80. The molecule has 6 heteroatoms. The number of aromatic nitrogens is 2. The number of rotatable bonds is 5. The number of aryl methyl sites for hydroxylation is 1. The van der Waals surface area contributed by atoms with E-state index in [9.17, 15) is 9.18 Å². The first kappa shape index (κ1) is 14.3. The maximum Gasteiger partial charge on any atom is 0.243 e. The summed E-state index contributed by atoms with van der Waals surface area (Å²) in [5.74, 6) is 0.722. The Labute approximate surface area is 127 Å². The Morgan fingerprint density at radius 3 is 3.00 bits per heavy atom. The van der Waals surface area contributed by atoms with Gasteiger partial charge in [-0.05, 0) is 38.0 Å². The molecule has 1 aromatic carbocycles. The minimum absolute atomic E-state index is 0.0584. The van der Waals surface area contributed by atoms with Crippen LogP contribution in [0.4, 0.5) is 4.39 Å². The number of hydrogen-bond donors (Lipinski definition) is 1. The highest BCUT2D eigenvalue weighted by Gasteiger charge is 2.28. The minimum Gasteiger partial charge on any atom is -0.352 e. The Bertz CT molecular complexity index is 681. The lowest BCUT2D eigenvalue weighted by Gasteiger charge is -2.17. The third kappa shape index (κ3) is 2.88. The van der Waals surface area contributed by atoms with E-state index in [1.807, 2.05) is 6.92 Å². The Balaban J connectivity index is 2.02. The number of nitrogens with one attached hydrogen (secondary N) is 1. The van der Waals surface area contributed by atoms with Gasteiger partial charge in [0.25, 0.3) is 0 Å². The molecule has 0 radical (unpaired) electrons. The number of nitrogens with zero attached hydrogens (tertiary/aromatic N) is 2. The fraction of sp³-hybridized carbons (Fsp3) is 0.467. The number of carbonyl (C=O) groups excluding carboxylic acids is 1. The van der Waals surface area contributed by atoms with Gasteiger partial charge in [0.05, 0.1) is 11.0 Å². The number of fused-ring (bicyclic) bond motifs is 1. The molecule has 4 nitrogen and oxygen atoms in total. The van der Waals surface area contributed by atoms with Crippen LogP contribution in [0.3, 0.4) is 0 Å². The van der Waals surface area contributed by atoms with Crippen molar-refractivity contribution in [1.82, 2.24) is 14.9 Å². The first-order valence-electron chi connectivity index (χ1n) is 7.13. The summed E-state index contributed by atoms with van der Waals surface area (Å²) in [5.41, 5.74) is 1.32. The zero-order valence-electron chi connectivity index (χ0n) is 11.8. The number of benzene rings is 1. The molecule has 21 heavy (non-hydrogen) atoms. The van der Waals surface area contributed by atoms with E-state index in [0.717, 1.165) is 12.8 Å². The van der Waals surface area contributed by atoms with Gasteiger partial charge >= 0.3 is 0 Å². The van der Waals surface area contributed by atoms with Crippen molar-refractivity contribution < 1.29 is 9.18 Å². The number of amides is 1. The van der Waals surface area contributed by atoms with Crippen molar-refractivity contribution in [2.75, 3.05) is 5.88 Å². The molecule has 1 unspecified atom stereocenters. The zero-order valence-corrected chi connectivity index (χ0v) is 12.5. The van der Waals surface area contributed by atoms with Crippen LogP contribution in [0.2, 0.25) is 0 Å². The monoisotopic (exact) mass is 309 g/mol. The van der Waals surface area contributed by atoms with Crippen molar-refractivity contribution in [3.8, 4) is 0 Å². The number of hydrogen-bond acceptors (Lipinski definition) is 2. The van der Waals surface area contributed by atoms with Gasteiger partial charge in [0.2, 0.25) is 5.91 Å². The summed E-state index contributed by atoms with van der Waals surface area (Å²) in [6.07, 6.45) is 2.61. The van der Waals surface area contributed by atoms with Crippen LogP contribution in [-0.4, -0.2) is 27.4 Å². The first-order chi connectivity index (χ1) is 10.1. The van der Waals surface area contributed by atoms with Gasteiger partial charge in [0.1, 0.15) is 17.7 Å². The molecule has 112 valence electrons. The van der Waals surface area contributed by atoms with E-state index in [1.54, 1.807) is 10.6 Å². The van der Waals surface area contributed by atoms with Crippen LogP contribution in [0, 0.1) is 5.82 Å². The van der Waals surface area contributed by atoms with E-state index in [1.165, 1.54) is 12.1 Å². The van der Waals surface area contributed by atoms with Crippen molar-refractivity contribution in [2.45, 2.75) is 38.3 Å². The van der Waals surface area contributed by atoms with Gasteiger partial charge in [-0.2, -0.15) is 0 Å². The molecule has 0 spiro atoms. The van der Waals surface area contributed by atoms with Gasteiger partial charge in [-0.25, -0.2) is 9.37 Å². The van der Waals surface area contributed by atoms with Gasteiger partial charge in [-0.15, -0.1) is 11.6 Å². The summed E-state index contributed by atoms with van der Waals surface area (Å²) in [4.78, 5) is 16.8. The van der Waals surface area contributed by atoms with Gasteiger partial charge in [0, 0.05) is 18.3 Å². The molecule has 3 rings (SSSR count). The molecule has 1 saturated carbocycles. The van der Waals surface area contributed by atoms with E-state index in [4.69, 9.17) is 11.6 Å². The highest BCUT2D eigenvalue weighted by molar-refractivity contribution is 6.17. The van der Waals surface area contributed by atoms with Gasteiger partial charge in [-0.1, -0.05) is 0 Å². The van der Waals surface area contributed by atoms with Gasteiger partial charge in [-0.3, -0.25) is 4.79 Å². The summed E-state index contributed by atoms with van der Waals surface area (Å²) in [6.45, 7) is 1.81. The van der Waals surface area contributed by atoms with Crippen LogP contribution in [-0.2, 0) is 11.2 Å². The Morgan fingerprint density at radius 2 is 2.33 bits per heavy atom. The third-order valence-corrected chi connectivity index (χ3v) is 3.92. The topological polar surface area (TPSA) is 46.9 Å². The van der Waals surface area contributed by atoms with E-state index in [-0.39, 0.29) is 11.7 Å². The molecule has 0 saturated heterocycles. The average Bonchev–Trinajstić information content (AvgIpc) is 3.19. The number of carbonyl (C=O) groups is 1. The minimum atomic E-state index is -0.435. The standard InChI is InChI=1S/C15H17ClFN3O/c1-9(15(21)18-11-3-4-11)20-13-8-10(17)2-5-12(13)19-14(20)6-7-16/h2,5,8-9,11H,3-4,6-7H2,1H3,(H,18,21). The van der Waals surface area contributed by atoms with E-state index >= 15 is 0 Å². The van der Waals surface area contributed by atoms with E-state index in [0.29, 0.717) is 35.2 Å². The fourth-order valence-electron chi connectivity index (χ4n) is 2.48. The van der Waals surface area contributed by atoms with Crippen LogP contribution in [0.1, 0.15) is 31.6 Å². The van der Waals surface area contributed by atoms with Crippen molar-refractivity contribution >= 4 is 28.5 Å². The Kier molecular flexibility index (Phi) is 3.85. The maximum absolute atomic E-state index is 13.5. The van der Waals surface area contributed by atoms with Gasteiger partial charge < -0.3 is 9.88 Å². The molecule has 1 aliphatic rings. The largest absolute Gasteiger partial charge is 0.352 e. The van der Waals surface area contributed by atoms with Crippen molar-refractivity contribution in [2.24, 2.45) is 0 Å². The van der Waals surface area contributed by atoms with E-state index < -0.39 is 6.04 Å². The van der Waals surface area contributed by atoms with Crippen molar-refractivity contribution in [3.05, 3.63) is 29.8 Å². The molecule has 1 heterocycles. The molecule has 1 aliphatic carbocycles. The summed E-state index contributed by atoms with van der Waals surface area (Å²) in [5, 5.41) is 2.98. The molecule has 1 aromatic heterocycles. The highest BCUT2D eigenvalue weighted by Crippen LogP contribution is 2.25. The van der Waals surface area contributed by atoms with Crippen LogP contribution in [0.25, 0.3) is 11.0 Å². The van der Waals surface area contributed by atoms with E-state index in [2.05, 4.69) is 10.3 Å². The average molecular weight is 310 g/mol. The highest BCUT2D eigenvalue weighted by atomic mass is 35.5. The third-order valence-electron chi connectivity index (χ3n) is 3.73. The van der Waals surface area contributed by atoms with Crippen LogP contribution < -0.4 is 5.32 Å². The molecule has 1 amide bonds. The summed E-state index contributed by atoms with van der Waals surface area (Å²) >= 11 is 5.82. The molecular formula is C15H17ClFN3O. The van der Waals surface area contributed by atoms with Crippen LogP contribution in [0.15, 0.2) is 18.2 Å². The lowest BCUT2D eigenvalue weighted by Crippen LogP contribution is -2.33. The SMILES string of the molecule is CC(C(=O)NC1CC1)n1c(CCCl)nc2ccc(F)cc21. The Hall–Kier alpha value is -1.62. The first-order valence-corrected chi connectivity index (χ1v) is 7.66. The molecule has 0 bridgehead atoms. The second-order valence-electron chi connectivity index (χ2n) is 5.43.